The predicted molar refractivity (Wildman–Crippen MR) is 123 cm³/mol. The van der Waals surface area contributed by atoms with Gasteiger partial charge in [0.25, 0.3) is 5.91 Å². The van der Waals surface area contributed by atoms with Crippen molar-refractivity contribution < 1.29 is 9.53 Å². The van der Waals surface area contributed by atoms with Crippen LogP contribution in [0, 0.1) is 6.92 Å². The van der Waals surface area contributed by atoms with E-state index in [4.69, 9.17) is 4.74 Å². The van der Waals surface area contributed by atoms with Crippen LogP contribution in [0.1, 0.15) is 31.9 Å². The van der Waals surface area contributed by atoms with Crippen LogP contribution in [-0.2, 0) is 10.2 Å². The molecular weight excluding hydrogens is 388 g/mol. The summed E-state index contributed by atoms with van der Waals surface area (Å²) >= 11 is 0. The molecule has 1 N–H and O–H groups in total. The van der Waals surface area contributed by atoms with E-state index >= 15 is 0 Å². The fourth-order valence-electron chi connectivity index (χ4n) is 3.18. The van der Waals surface area contributed by atoms with Gasteiger partial charge in [0.1, 0.15) is 16.8 Å². The van der Waals surface area contributed by atoms with Crippen LogP contribution < -0.4 is 10.1 Å². The third-order valence-electron chi connectivity index (χ3n) is 5.02. The standard InChI is InChI=1S/C25H26N4O2/c1-17-5-10-20(11-6-17)29-27-22-14-9-19(15-23(22)28-29)26-24(30)16-31-21-12-7-18(8-13-21)25(2,3)4/h5-15H,16H2,1-4H3,(H,26,30). The van der Waals surface area contributed by atoms with Gasteiger partial charge in [-0.25, -0.2) is 0 Å². The maximum atomic E-state index is 12.3. The molecule has 0 aliphatic carbocycles. The van der Waals surface area contributed by atoms with Crippen LogP contribution >= 0.6 is 0 Å². The van der Waals surface area contributed by atoms with Gasteiger partial charge in [-0.05, 0) is 60.4 Å². The number of anilines is 1. The van der Waals surface area contributed by atoms with Crippen molar-refractivity contribution in [3.8, 4) is 11.4 Å². The van der Waals surface area contributed by atoms with Gasteiger partial charge in [-0.15, -0.1) is 10.2 Å². The Labute approximate surface area is 181 Å². The van der Waals surface area contributed by atoms with E-state index in [1.54, 1.807) is 4.80 Å². The Balaban J connectivity index is 1.40. The molecule has 0 fully saturated rings. The number of hydrogen-bond acceptors (Lipinski definition) is 4. The van der Waals surface area contributed by atoms with E-state index in [0.717, 1.165) is 11.2 Å². The first kappa shape index (κ1) is 20.6. The number of nitrogens with one attached hydrogen (secondary N) is 1. The fourth-order valence-corrected chi connectivity index (χ4v) is 3.18. The molecule has 158 valence electrons. The van der Waals surface area contributed by atoms with Crippen LogP contribution in [0.2, 0.25) is 0 Å². The molecule has 1 amide bonds. The maximum absolute atomic E-state index is 12.3. The van der Waals surface area contributed by atoms with Crippen LogP contribution in [0.15, 0.2) is 66.7 Å². The summed E-state index contributed by atoms with van der Waals surface area (Å²) in [4.78, 5) is 13.9. The summed E-state index contributed by atoms with van der Waals surface area (Å²) in [5, 5.41) is 11.9. The highest BCUT2D eigenvalue weighted by Crippen LogP contribution is 2.24. The average Bonchev–Trinajstić information content (AvgIpc) is 3.16. The first-order valence-electron chi connectivity index (χ1n) is 10.3. The van der Waals surface area contributed by atoms with E-state index < -0.39 is 0 Å². The van der Waals surface area contributed by atoms with E-state index in [0.29, 0.717) is 17.0 Å². The molecule has 4 rings (SSSR count). The second-order valence-electron chi connectivity index (χ2n) is 8.64. The minimum absolute atomic E-state index is 0.0665. The largest absolute Gasteiger partial charge is 0.484 e. The first-order chi connectivity index (χ1) is 14.8. The summed E-state index contributed by atoms with van der Waals surface area (Å²) in [6.45, 7) is 8.45. The lowest BCUT2D eigenvalue weighted by molar-refractivity contribution is -0.118. The number of benzene rings is 3. The third kappa shape index (κ3) is 4.91. The Morgan fingerprint density at radius 1 is 0.935 bits per heavy atom. The monoisotopic (exact) mass is 414 g/mol. The SMILES string of the molecule is Cc1ccc(-n2nc3ccc(NC(=O)COc4ccc(C(C)(C)C)cc4)cc3n2)cc1. The quantitative estimate of drug-likeness (QED) is 0.496. The number of hydrogen-bond donors (Lipinski definition) is 1. The van der Waals surface area contributed by atoms with Crippen LogP contribution in [0.4, 0.5) is 5.69 Å². The average molecular weight is 415 g/mol. The maximum Gasteiger partial charge on any atom is 0.262 e. The molecule has 0 unspecified atom stereocenters. The van der Waals surface area contributed by atoms with Gasteiger partial charge in [-0.3, -0.25) is 4.79 Å². The van der Waals surface area contributed by atoms with Crippen molar-refractivity contribution >= 4 is 22.6 Å². The van der Waals surface area contributed by atoms with E-state index in [1.165, 1.54) is 11.1 Å². The first-order valence-corrected chi connectivity index (χ1v) is 10.3. The highest BCUT2D eigenvalue weighted by molar-refractivity contribution is 5.93. The van der Waals surface area contributed by atoms with Gasteiger partial charge in [0.05, 0.1) is 5.69 Å². The van der Waals surface area contributed by atoms with Crippen molar-refractivity contribution in [1.82, 2.24) is 15.0 Å². The summed E-state index contributed by atoms with van der Waals surface area (Å²) in [5.74, 6) is 0.435. The lowest BCUT2D eigenvalue weighted by Crippen LogP contribution is -2.20. The second-order valence-corrected chi connectivity index (χ2v) is 8.64. The molecule has 0 bridgehead atoms. The molecule has 4 aromatic rings. The number of rotatable bonds is 5. The summed E-state index contributed by atoms with van der Waals surface area (Å²) in [7, 11) is 0. The molecular formula is C25H26N4O2. The number of carbonyl (C=O) groups excluding carboxylic acids is 1. The molecule has 1 heterocycles. The second kappa shape index (κ2) is 8.22. The molecule has 3 aromatic carbocycles. The van der Waals surface area contributed by atoms with Gasteiger partial charge in [0.2, 0.25) is 0 Å². The lowest BCUT2D eigenvalue weighted by Gasteiger charge is -2.19. The molecule has 0 radical (unpaired) electrons. The number of fused-ring (bicyclic) bond motifs is 1. The summed E-state index contributed by atoms with van der Waals surface area (Å²) in [6.07, 6.45) is 0. The molecule has 6 heteroatoms. The minimum Gasteiger partial charge on any atom is -0.484 e. The van der Waals surface area contributed by atoms with Crippen molar-refractivity contribution in [2.24, 2.45) is 0 Å². The van der Waals surface area contributed by atoms with Gasteiger partial charge in [-0.1, -0.05) is 50.6 Å². The molecule has 0 spiro atoms. The molecule has 0 saturated heterocycles. The molecule has 0 saturated carbocycles. The zero-order chi connectivity index (χ0) is 22.0. The zero-order valence-electron chi connectivity index (χ0n) is 18.2. The van der Waals surface area contributed by atoms with Gasteiger partial charge in [0, 0.05) is 5.69 Å². The minimum atomic E-state index is -0.231. The Hall–Kier alpha value is -3.67. The third-order valence-corrected chi connectivity index (χ3v) is 5.02. The molecule has 0 atom stereocenters. The van der Waals surface area contributed by atoms with E-state index in [-0.39, 0.29) is 17.9 Å². The Morgan fingerprint density at radius 3 is 2.29 bits per heavy atom. The Morgan fingerprint density at radius 2 is 1.61 bits per heavy atom. The van der Waals surface area contributed by atoms with Gasteiger partial charge in [-0.2, -0.15) is 4.80 Å². The molecule has 0 aliphatic rings. The fraction of sp³-hybridized carbons (Fsp3) is 0.240. The smallest absolute Gasteiger partial charge is 0.262 e. The van der Waals surface area contributed by atoms with Gasteiger partial charge in [0.15, 0.2) is 6.61 Å². The van der Waals surface area contributed by atoms with Crippen LogP contribution in [0.3, 0.4) is 0 Å². The van der Waals surface area contributed by atoms with Crippen molar-refractivity contribution in [3.63, 3.8) is 0 Å². The van der Waals surface area contributed by atoms with Crippen molar-refractivity contribution in [1.29, 1.82) is 0 Å². The van der Waals surface area contributed by atoms with Gasteiger partial charge < -0.3 is 10.1 Å². The van der Waals surface area contributed by atoms with Crippen molar-refractivity contribution in [2.75, 3.05) is 11.9 Å². The summed E-state index contributed by atoms with van der Waals surface area (Å²) in [5.41, 5.74) is 5.48. The van der Waals surface area contributed by atoms with Crippen LogP contribution in [-0.4, -0.2) is 27.5 Å². The van der Waals surface area contributed by atoms with Crippen molar-refractivity contribution in [2.45, 2.75) is 33.1 Å². The lowest BCUT2D eigenvalue weighted by atomic mass is 9.87. The van der Waals surface area contributed by atoms with Gasteiger partial charge >= 0.3 is 0 Å². The molecule has 1 aromatic heterocycles. The topological polar surface area (TPSA) is 69.0 Å². The summed E-state index contributed by atoms with van der Waals surface area (Å²) in [6, 6.07) is 21.3. The highest BCUT2D eigenvalue weighted by Gasteiger charge is 2.13. The van der Waals surface area contributed by atoms with Crippen LogP contribution in [0.25, 0.3) is 16.7 Å². The summed E-state index contributed by atoms with van der Waals surface area (Å²) < 4.78 is 5.62. The zero-order valence-corrected chi connectivity index (χ0v) is 18.2. The molecule has 6 nitrogen and oxygen atoms in total. The number of carbonyl (C=O) groups is 1. The number of amides is 1. The molecule has 31 heavy (non-hydrogen) atoms. The number of nitrogens with zero attached hydrogens (tertiary/aromatic N) is 3. The Kier molecular flexibility index (Phi) is 5.46. The Bertz CT molecular complexity index is 1200. The molecule has 0 aliphatic heterocycles. The van der Waals surface area contributed by atoms with E-state index in [2.05, 4.69) is 36.3 Å². The number of aromatic nitrogens is 3. The van der Waals surface area contributed by atoms with E-state index in [9.17, 15) is 4.79 Å². The van der Waals surface area contributed by atoms with Crippen LogP contribution in [0.5, 0.6) is 5.75 Å². The normalized spacial score (nSPS) is 11.5. The predicted octanol–water partition coefficient (Wildman–Crippen LogP) is 5.04. The van der Waals surface area contributed by atoms with E-state index in [1.807, 2.05) is 73.7 Å². The highest BCUT2D eigenvalue weighted by atomic mass is 16.5. The van der Waals surface area contributed by atoms with Crippen molar-refractivity contribution in [3.05, 3.63) is 77.9 Å². The number of aryl methyl sites for hydroxylation is 1. The number of ether oxygens (including phenoxy) is 1.